The van der Waals surface area contributed by atoms with Gasteiger partial charge in [-0.15, -0.1) is 0 Å². The Morgan fingerprint density at radius 3 is 3.00 bits per heavy atom. The SMILES string of the molecule is O=C(CCn1ncc2c(Cl)cccc21)NC1CCS(=O)(=O)C1. The van der Waals surface area contributed by atoms with Crippen molar-refractivity contribution in [2.75, 3.05) is 11.5 Å². The smallest absolute Gasteiger partial charge is 0.222 e. The molecule has 1 aliphatic rings. The lowest BCUT2D eigenvalue weighted by Gasteiger charge is -2.11. The molecule has 118 valence electrons. The van der Waals surface area contributed by atoms with E-state index >= 15 is 0 Å². The number of hydrogen-bond donors (Lipinski definition) is 1. The lowest BCUT2D eigenvalue weighted by atomic mass is 10.2. The number of nitrogens with zero attached hydrogens (tertiary/aromatic N) is 2. The van der Waals surface area contributed by atoms with E-state index in [-0.39, 0.29) is 29.9 Å². The first-order valence-electron chi connectivity index (χ1n) is 7.04. The van der Waals surface area contributed by atoms with E-state index in [2.05, 4.69) is 10.4 Å². The molecule has 1 aromatic heterocycles. The van der Waals surface area contributed by atoms with Crippen molar-refractivity contribution >= 4 is 38.2 Å². The maximum Gasteiger partial charge on any atom is 0.222 e. The molecule has 0 spiro atoms. The molecule has 0 saturated carbocycles. The fourth-order valence-electron chi connectivity index (χ4n) is 2.66. The molecule has 2 aromatic rings. The molecule has 1 fully saturated rings. The number of amides is 1. The van der Waals surface area contributed by atoms with E-state index in [4.69, 9.17) is 11.6 Å². The fourth-order valence-corrected chi connectivity index (χ4v) is 4.55. The number of halogens is 1. The van der Waals surface area contributed by atoms with Crippen molar-refractivity contribution < 1.29 is 13.2 Å². The molecule has 2 heterocycles. The summed E-state index contributed by atoms with van der Waals surface area (Å²) in [6, 6.07) is 5.27. The molecular weight excluding hydrogens is 326 g/mol. The summed E-state index contributed by atoms with van der Waals surface area (Å²) in [6.07, 6.45) is 2.42. The molecular formula is C14H16ClN3O3S. The molecule has 6 nitrogen and oxygen atoms in total. The molecule has 0 aliphatic carbocycles. The van der Waals surface area contributed by atoms with Gasteiger partial charge in [0.25, 0.3) is 0 Å². The van der Waals surface area contributed by atoms with Gasteiger partial charge in [-0.05, 0) is 18.6 Å². The van der Waals surface area contributed by atoms with Gasteiger partial charge in [-0.3, -0.25) is 9.48 Å². The van der Waals surface area contributed by atoms with E-state index in [0.717, 1.165) is 10.9 Å². The molecule has 1 aromatic carbocycles. The number of rotatable bonds is 4. The van der Waals surface area contributed by atoms with Crippen molar-refractivity contribution in [3.05, 3.63) is 29.4 Å². The van der Waals surface area contributed by atoms with Crippen molar-refractivity contribution in [2.45, 2.75) is 25.4 Å². The van der Waals surface area contributed by atoms with Crippen molar-refractivity contribution in [3.63, 3.8) is 0 Å². The number of aromatic nitrogens is 2. The van der Waals surface area contributed by atoms with E-state index in [1.54, 1.807) is 16.9 Å². The van der Waals surface area contributed by atoms with Crippen molar-refractivity contribution in [1.29, 1.82) is 0 Å². The zero-order chi connectivity index (χ0) is 15.7. The predicted octanol–water partition coefficient (Wildman–Crippen LogP) is 1.38. The van der Waals surface area contributed by atoms with E-state index < -0.39 is 9.84 Å². The standard InChI is InChI=1S/C14H16ClN3O3S/c15-12-2-1-3-13-11(12)8-16-18(13)6-4-14(19)17-10-5-7-22(20,21)9-10/h1-3,8,10H,4-7,9H2,(H,17,19). The Balaban J connectivity index is 1.60. The number of hydrogen-bond acceptors (Lipinski definition) is 4. The zero-order valence-corrected chi connectivity index (χ0v) is 13.4. The number of sulfone groups is 1. The Kier molecular flexibility index (Phi) is 4.10. The van der Waals surface area contributed by atoms with Crippen molar-refractivity contribution in [2.24, 2.45) is 0 Å². The molecule has 1 amide bonds. The van der Waals surface area contributed by atoms with Crippen LogP contribution in [0.25, 0.3) is 10.9 Å². The number of carbonyl (C=O) groups excluding carboxylic acids is 1. The van der Waals surface area contributed by atoms with Crippen molar-refractivity contribution in [1.82, 2.24) is 15.1 Å². The van der Waals surface area contributed by atoms with Gasteiger partial charge in [0.2, 0.25) is 5.91 Å². The van der Waals surface area contributed by atoms with Crippen LogP contribution in [0.1, 0.15) is 12.8 Å². The van der Waals surface area contributed by atoms with E-state index in [9.17, 15) is 13.2 Å². The molecule has 8 heteroatoms. The summed E-state index contributed by atoms with van der Waals surface area (Å²) >= 11 is 6.08. The summed E-state index contributed by atoms with van der Waals surface area (Å²) in [7, 11) is -2.98. The van der Waals surface area contributed by atoms with Crippen LogP contribution in [0, 0.1) is 0 Å². The summed E-state index contributed by atoms with van der Waals surface area (Å²) in [5, 5.41) is 8.49. The second-order valence-corrected chi connectivity index (χ2v) is 8.09. The molecule has 1 aliphatic heterocycles. The van der Waals surface area contributed by atoms with E-state index in [0.29, 0.717) is 18.0 Å². The average molecular weight is 342 g/mol. The predicted molar refractivity (Wildman–Crippen MR) is 84.6 cm³/mol. The minimum atomic E-state index is -2.98. The normalized spacial score (nSPS) is 20.3. The Morgan fingerprint density at radius 2 is 2.27 bits per heavy atom. The quantitative estimate of drug-likeness (QED) is 0.911. The molecule has 0 radical (unpaired) electrons. The highest BCUT2D eigenvalue weighted by Gasteiger charge is 2.28. The van der Waals surface area contributed by atoms with Crippen LogP contribution >= 0.6 is 11.6 Å². The Hall–Kier alpha value is -1.60. The molecule has 1 saturated heterocycles. The Labute approximate surface area is 133 Å². The van der Waals surface area contributed by atoms with Crippen LogP contribution in [-0.4, -0.2) is 41.7 Å². The van der Waals surface area contributed by atoms with E-state index in [1.807, 2.05) is 12.1 Å². The Morgan fingerprint density at radius 1 is 1.45 bits per heavy atom. The van der Waals surface area contributed by atoms with Crippen LogP contribution < -0.4 is 5.32 Å². The lowest BCUT2D eigenvalue weighted by Crippen LogP contribution is -2.36. The zero-order valence-electron chi connectivity index (χ0n) is 11.8. The van der Waals surface area contributed by atoms with Gasteiger partial charge in [-0.2, -0.15) is 5.10 Å². The fraction of sp³-hybridized carbons (Fsp3) is 0.429. The van der Waals surface area contributed by atoms with Gasteiger partial charge in [-0.1, -0.05) is 17.7 Å². The molecule has 22 heavy (non-hydrogen) atoms. The lowest BCUT2D eigenvalue weighted by molar-refractivity contribution is -0.121. The van der Waals surface area contributed by atoms with Gasteiger partial charge < -0.3 is 5.32 Å². The van der Waals surface area contributed by atoms with Crippen LogP contribution in [0.5, 0.6) is 0 Å². The number of aryl methyl sites for hydroxylation is 1. The highest BCUT2D eigenvalue weighted by atomic mass is 35.5. The van der Waals surface area contributed by atoms with E-state index in [1.165, 1.54) is 0 Å². The number of benzene rings is 1. The van der Waals surface area contributed by atoms with Crippen LogP contribution in [0.4, 0.5) is 0 Å². The van der Waals surface area contributed by atoms with Crippen LogP contribution in [0.3, 0.4) is 0 Å². The van der Waals surface area contributed by atoms with Gasteiger partial charge in [0.05, 0.1) is 34.8 Å². The van der Waals surface area contributed by atoms with Crippen LogP contribution in [0.2, 0.25) is 5.02 Å². The molecule has 3 rings (SSSR count). The maximum atomic E-state index is 11.9. The first-order valence-corrected chi connectivity index (χ1v) is 9.24. The molecule has 0 bridgehead atoms. The molecule has 1 N–H and O–H groups in total. The highest BCUT2D eigenvalue weighted by Crippen LogP contribution is 2.22. The maximum absolute atomic E-state index is 11.9. The van der Waals surface area contributed by atoms with Gasteiger partial charge in [0, 0.05) is 17.8 Å². The minimum absolute atomic E-state index is 0.0407. The van der Waals surface area contributed by atoms with Gasteiger partial charge in [0.15, 0.2) is 9.84 Å². The number of carbonyl (C=O) groups is 1. The average Bonchev–Trinajstić information content (AvgIpc) is 3.01. The summed E-state index contributed by atoms with van der Waals surface area (Å²) in [5.41, 5.74) is 0.878. The van der Waals surface area contributed by atoms with Gasteiger partial charge in [0.1, 0.15) is 0 Å². The van der Waals surface area contributed by atoms with Crippen LogP contribution in [0.15, 0.2) is 24.4 Å². The molecule has 1 unspecified atom stereocenters. The second-order valence-electron chi connectivity index (χ2n) is 5.46. The topological polar surface area (TPSA) is 81.1 Å². The largest absolute Gasteiger partial charge is 0.352 e. The minimum Gasteiger partial charge on any atom is -0.352 e. The number of nitrogens with one attached hydrogen (secondary N) is 1. The van der Waals surface area contributed by atoms with Gasteiger partial charge >= 0.3 is 0 Å². The summed E-state index contributed by atoms with van der Waals surface area (Å²) in [5.74, 6) is 0.0343. The van der Waals surface area contributed by atoms with Crippen LogP contribution in [-0.2, 0) is 21.2 Å². The Bertz CT molecular complexity index is 816. The third-order valence-corrected chi connectivity index (χ3v) is 5.88. The van der Waals surface area contributed by atoms with Gasteiger partial charge in [-0.25, -0.2) is 8.42 Å². The molecule has 1 atom stereocenters. The first-order chi connectivity index (χ1) is 10.4. The monoisotopic (exact) mass is 341 g/mol. The third-order valence-electron chi connectivity index (χ3n) is 3.78. The number of fused-ring (bicyclic) bond motifs is 1. The first kappa shape index (κ1) is 15.3. The second kappa shape index (κ2) is 5.89. The summed E-state index contributed by atoms with van der Waals surface area (Å²) in [6.45, 7) is 0.426. The summed E-state index contributed by atoms with van der Waals surface area (Å²) in [4.78, 5) is 11.9. The summed E-state index contributed by atoms with van der Waals surface area (Å²) < 4.78 is 24.5. The van der Waals surface area contributed by atoms with Crippen molar-refractivity contribution in [3.8, 4) is 0 Å². The highest BCUT2D eigenvalue weighted by molar-refractivity contribution is 7.91. The third kappa shape index (κ3) is 3.25.